The molecule has 0 aliphatic heterocycles. The van der Waals surface area contributed by atoms with Gasteiger partial charge in [0.25, 0.3) is 11.5 Å². The summed E-state index contributed by atoms with van der Waals surface area (Å²) >= 11 is 0. The van der Waals surface area contributed by atoms with Crippen LogP contribution in [0.4, 0.5) is 0 Å². The summed E-state index contributed by atoms with van der Waals surface area (Å²) < 4.78 is 1.46. The number of aryl methyl sites for hydroxylation is 1. The lowest BCUT2D eigenvalue weighted by Gasteiger charge is -2.09. The van der Waals surface area contributed by atoms with E-state index in [4.69, 9.17) is 0 Å². The van der Waals surface area contributed by atoms with E-state index in [-0.39, 0.29) is 11.5 Å². The number of nitrogens with one attached hydrogen (secondary N) is 1. The number of benzene rings is 1. The van der Waals surface area contributed by atoms with Crippen molar-refractivity contribution in [2.24, 2.45) is 0 Å². The fourth-order valence-corrected chi connectivity index (χ4v) is 3.62. The Balaban J connectivity index is 1.47. The number of pyridine rings is 2. The smallest absolute Gasteiger partial charge is 0.265 e. The fraction of sp³-hybridized carbons (Fsp3) is 0.280. The maximum Gasteiger partial charge on any atom is 0.265 e. The molecule has 3 heterocycles. The SMILES string of the molecule is CC(C)c1ccc2nc3ccc(C(=O)NCCCCc4cccnc4)cn3c(=O)c2c1. The molecule has 0 spiro atoms. The first-order valence-corrected chi connectivity index (χ1v) is 10.7. The number of aromatic nitrogens is 3. The fourth-order valence-electron chi connectivity index (χ4n) is 3.62. The van der Waals surface area contributed by atoms with E-state index < -0.39 is 0 Å². The number of amides is 1. The van der Waals surface area contributed by atoms with E-state index in [1.54, 1.807) is 24.5 Å². The molecule has 0 radical (unpaired) electrons. The van der Waals surface area contributed by atoms with Gasteiger partial charge < -0.3 is 5.32 Å². The lowest BCUT2D eigenvalue weighted by molar-refractivity contribution is 0.0952. The molecular weight excluding hydrogens is 388 g/mol. The Morgan fingerprint density at radius 2 is 2.00 bits per heavy atom. The molecule has 158 valence electrons. The Kier molecular flexibility index (Phi) is 6.07. The number of hydrogen-bond acceptors (Lipinski definition) is 4. The molecule has 4 aromatic rings. The van der Waals surface area contributed by atoms with E-state index in [0.29, 0.717) is 34.6 Å². The molecule has 0 fully saturated rings. The second-order valence-corrected chi connectivity index (χ2v) is 8.07. The molecule has 3 aromatic heterocycles. The van der Waals surface area contributed by atoms with Crippen LogP contribution >= 0.6 is 0 Å². The zero-order chi connectivity index (χ0) is 21.8. The third-order valence-electron chi connectivity index (χ3n) is 5.46. The second kappa shape index (κ2) is 9.08. The van der Waals surface area contributed by atoms with Crippen LogP contribution in [0.15, 0.2) is 65.8 Å². The Bertz CT molecular complexity index is 1280. The van der Waals surface area contributed by atoms with Crippen molar-refractivity contribution in [1.82, 2.24) is 19.7 Å². The van der Waals surface area contributed by atoms with Crippen molar-refractivity contribution in [3.63, 3.8) is 0 Å². The highest BCUT2D eigenvalue weighted by molar-refractivity contribution is 5.94. The lowest BCUT2D eigenvalue weighted by Crippen LogP contribution is -2.26. The highest BCUT2D eigenvalue weighted by Crippen LogP contribution is 2.19. The van der Waals surface area contributed by atoms with Gasteiger partial charge in [-0.15, -0.1) is 0 Å². The minimum Gasteiger partial charge on any atom is -0.352 e. The molecule has 1 amide bonds. The number of rotatable bonds is 7. The van der Waals surface area contributed by atoms with Crippen LogP contribution in [0, 0.1) is 0 Å². The van der Waals surface area contributed by atoms with Crippen LogP contribution < -0.4 is 10.9 Å². The van der Waals surface area contributed by atoms with Crippen LogP contribution in [0.2, 0.25) is 0 Å². The molecule has 0 saturated heterocycles. The zero-order valence-electron chi connectivity index (χ0n) is 17.8. The highest BCUT2D eigenvalue weighted by Gasteiger charge is 2.11. The van der Waals surface area contributed by atoms with E-state index >= 15 is 0 Å². The lowest BCUT2D eigenvalue weighted by atomic mass is 10.0. The summed E-state index contributed by atoms with van der Waals surface area (Å²) in [5.74, 6) is 0.131. The molecule has 0 bridgehead atoms. The first-order valence-electron chi connectivity index (χ1n) is 10.7. The third kappa shape index (κ3) is 4.63. The van der Waals surface area contributed by atoms with Gasteiger partial charge in [-0.1, -0.05) is 26.0 Å². The molecule has 4 rings (SSSR count). The van der Waals surface area contributed by atoms with Gasteiger partial charge in [0.2, 0.25) is 0 Å². The minimum atomic E-state index is -0.189. The van der Waals surface area contributed by atoms with Crippen molar-refractivity contribution in [3.05, 3.63) is 88.1 Å². The first-order chi connectivity index (χ1) is 15.0. The molecule has 1 aromatic carbocycles. The molecule has 31 heavy (non-hydrogen) atoms. The number of unbranched alkanes of at least 4 members (excludes halogenated alkanes) is 1. The molecule has 0 aliphatic carbocycles. The third-order valence-corrected chi connectivity index (χ3v) is 5.46. The number of fused-ring (bicyclic) bond motifs is 2. The number of nitrogens with zero attached hydrogens (tertiary/aromatic N) is 3. The average Bonchev–Trinajstić information content (AvgIpc) is 2.79. The summed E-state index contributed by atoms with van der Waals surface area (Å²) in [4.78, 5) is 34.3. The van der Waals surface area contributed by atoms with Gasteiger partial charge in [0.1, 0.15) is 5.65 Å². The normalized spacial score (nSPS) is 11.3. The van der Waals surface area contributed by atoms with E-state index in [1.165, 1.54) is 9.96 Å². The number of carbonyl (C=O) groups is 1. The largest absolute Gasteiger partial charge is 0.352 e. The Morgan fingerprint density at radius 1 is 1.13 bits per heavy atom. The van der Waals surface area contributed by atoms with E-state index in [0.717, 1.165) is 24.8 Å². The number of carbonyl (C=O) groups excluding carboxylic acids is 1. The molecule has 0 saturated carbocycles. The predicted octanol–water partition coefficient (Wildman–Crippen LogP) is 4.12. The van der Waals surface area contributed by atoms with Gasteiger partial charge >= 0.3 is 0 Å². The van der Waals surface area contributed by atoms with Crippen LogP contribution in [0.1, 0.15) is 54.1 Å². The van der Waals surface area contributed by atoms with E-state index in [9.17, 15) is 9.59 Å². The molecule has 0 aliphatic rings. The molecular formula is C25H26N4O2. The second-order valence-electron chi connectivity index (χ2n) is 8.07. The molecule has 6 heteroatoms. The van der Waals surface area contributed by atoms with Crippen molar-refractivity contribution in [2.45, 2.75) is 39.0 Å². The minimum absolute atomic E-state index is 0.159. The van der Waals surface area contributed by atoms with Crippen LogP contribution in [0.5, 0.6) is 0 Å². The molecule has 1 N–H and O–H groups in total. The summed E-state index contributed by atoms with van der Waals surface area (Å²) in [5, 5.41) is 3.51. The van der Waals surface area contributed by atoms with Gasteiger partial charge in [0, 0.05) is 25.1 Å². The Labute approximate surface area is 181 Å². The molecule has 6 nitrogen and oxygen atoms in total. The van der Waals surface area contributed by atoms with Gasteiger partial charge in [-0.25, -0.2) is 4.98 Å². The van der Waals surface area contributed by atoms with Crippen molar-refractivity contribution < 1.29 is 4.79 Å². The van der Waals surface area contributed by atoms with Crippen LogP contribution in [0.25, 0.3) is 16.6 Å². The summed E-state index contributed by atoms with van der Waals surface area (Å²) in [5.41, 5.74) is 3.77. The van der Waals surface area contributed by atoms with Crippen molar-refractivity contribution in [1.29, 1.82) is 0 Å². The standard InChI is InChI=1S/C25H26N4O2/c1-17(2)19-8-10-22-21(14-19)25(31)29-16-20(9-11-23(29)28-22)24(30)27-13-4-3-6-18-7-5-12-26-15-18/h5,7-12,14-17H,3-4,6,13H2,1-2H3,(H,27,30). The quantitative estimate of drug-likeness (QED) is 0.365. The van der Waals surface area contributed by atoms with Gasteiger partial charge in [-0.05, 0) is 66.6 Å². The van der Waals surface area contributed by atoms with Gasteiger partial charge in [0.05, 0.1) is 16.5 Å². The molecule has 0 unspecified atom stereocenters. The summed E-state index contributed by atoms with van der Waals surface area (Å²) in [6.45, 7) is 4.76. The summed E-state index contributed by atoms with van der Waals surface area (Å²) in [7, 11) is 0. The number of hydrogen-bond donors (Lipinski definition) is 1. The summed E-state index contributed by atoms with van der Waals surface area (Å²) in [6, 6.07) is 13.2. The highest BCUT2D eigenvalue weighted by atomic mass is 16.1. The topological polar surface area (TPSA) is 76.4 Å². The van der Waals surface area contributed by atoms with Crippen LogP contribution in [0.3, 0.4) is 0 Å². The van der Waals surface area contributed by atoms with Crippen molar-refractivity contribution in [2.75, 3.05) is 6.54 Å². The molecule has 0 atom stereocenters. The van der Waals surface area contributed by atoms with Gasteiger partial charge in [-0.3, -0.25) is 19.0 Å². The monoisotopic (exact) mass is 414 g/mol. The Morgan fingerprint density at radius 3 is 2.77 bits per heavy atom. The van der Waals surface area contributed by atoms with Gasteiger partial charge in [-0.2, -0.15) is 0 Å². The Hall–Kier alpha value is -3.54. The zero-order valence-corrected chi connectivity index (χ0v) is 17.8. The van der Waals surface area contributed by atoms with Crippen molar-refractivity contribution >= 4 is 22.5 Å². The van der Waals surface area contributed by atoms with Crippen molar-refractivity contribution in [3.8, 4) is 0 Å². The van der Waals surface area contributed by atoms with Crippen LogP contribution in [-0.2, 0) is 6.42 Å². The first kappa shape index (κ1) is 20.7. The predicted molar refractivity (Wildman–Crippen MR) is 123 cm³/mol. The maximum atomic E-state index is 13.1. The van der Waals surface area contributed by atoms with Gasteiger partial charge in [0.15, 0.2) is 0 Å². The maximum absolute atomic E-state index is 13.1. The van der Waals surface area contributed by atoms with E-state index in [2.05, 4.69) is 35.2 Å². The average molecular weight is 415 g/mol. The summed E-state index contributed by atoms with van der Waals surface area (Å²) in [6.07, 6.45) is 7.99. The van der Waals surface area contributed by atoms with Crippen LogP contribution in [-0.4, -0.2) is 26.8 Å². The van der Waals surface area contributed by atoms with E-state index in [1.807, 2.05) is 30.5 Å².